The Morgan fingerprint density at radius 2 is 2.10 bits per heavy atom. The standard InChI is InChI=1S/C15H15FN4/c1-10-3-4-14(13(16)5-10)17-7-12-8-18-15-6-11(2)19-20(15)9-12/h3-6,8-9,17H,7H2,1-2H3. The van der Waals surface area contributed by atoms with E-state index in [2.05, 4.69) is 15.4 Å². The number of aromatic nitrogens is 3. The highest BCUT2D eigenvalue weighted by Gasteiger charge is 2.04. The van der Waals surface area contributed by atoms with Crippen LogP contribution in [-0.2, 0) is 6.54 Å². The molecule has 0 aliphatic rings. The highest BCUT2D eigenvalue weighted by molar-refractivity contribution is 5.47. The number of hydrogen-bond donors (Lipinski definition) is 1. The molecule has 0 aliphatic heterocycles. The van der Waals surface area contributed by atoms with Gasteiger partial charge in [-0.05, 0) is 31.5 Å². The van der Waals surface area contributed by atoms with Gasteiger partial charge in [0.05, 0.1) is 11.4 Å². The molecule has 0 radical (unpaired) electrons. The fourth-order valence-electron chi connectivity index (χ4n) is 2.09. The van der Waals surface area contributed by atoms with Crippen LogP contribution in [0.1, 0.15) is 16.8 Å². The van der Waals surface area contributed by atoms with Crippen LogP contribution in [0.2, 0.25) is 0 Å². The van der Waals surface area contributed by atoms with Crippen molar-refractivity contribution < 1.29 is 4.39 Å². The van der Waals surface area contributed by atoms with Crippen LogP contribution in [0.4, 0.5) is 10.1 Å². The van der Waals surface area contributed by atoms with Crippen LogP contribution in [0.25, 0.3) is 5.65 Å². The summed E-state index contributed by atoms with van der Waals surface area (Å²) in [6, 6.07) is 7.05. The van der Waals surface area contributed by atoms with Crippen LogP contribution in [0, 0.1) is 19.7 Å². The number of rotatable bonds is 3. The number of benzene rings is 1. The van der Waals surface area contributed by atoms with Crippen molar-refractivity contribution in [1.82, 2.24) is 14.6 Å². The Kier molecular flexibility index (Phi) is 3.10. The number of aryl methyl sites for hydroxylation is 2. The van der Waals surface area contributed by atoms with Gasteiger partial charge in [0, 0.05) is 30.6 Å². The third-order valence-electron chi connectivity index (χ3n) is 3.10. The highest BCUT2D eigenvalue weighted by atomic mass is 19.1. The number of fused-ring (bicyclic) bond motifs is 1. The molecule has 0 amide bonds. The van der Waals surface area contributed by atoms with Gasteiger partial charge in [-0.15, -0.1) is 0 Å². The van der Waals surface area contributed by atoms with Crippen LogP contribution in [0.15, 0.2) is 36.7 Å². The molecule has 2 aromatic heterocycles. The van der Waals surface area contributed by atoms with Crippen LogP contribution >= 0.6 is 0 Å². The topological polar surface area (TPSA) is 42.2 Å². The average Bonchev–Trinajstić information content (AvgIpc) is 2.77. The van der Waals surface area contributed by atoms with Gasteiger partial charge in [-0.3, -0.25) is 0 Å². The van der Waals surface area contributed by atoms with Crippen molar-refractivity contribution in [2.45, 2.75) is 20.4 Å². The van der Waals surface area contributed by atoms with Crippen molar-refractivity contribution >= 4 is 11.3 Å². The first-order chi connectivity index (χ1) is 9.61. The van der Waals surface area contributed by atoms with E-state index in [1.807, 2.05) is 32.2 Å². The first kappa shape index (κ1) is 12.6. The largest absolute Gasteiger partial charge is 0.378 e. The highest BCUT2D eigenvalue weighted by Crippen LogP contribution is 2.16. The first-order valence-corrected chi connectivity index (χ1v) is 6.43. The molecular weight excluding hydrogens is 255 g/mol. The Bertz CT molecular complexity index is 764. The Morgan fingerprint density at radius 1 is 1.25 bits per heavy atom. The summed E-state index contributed by atoms with van der Waals surface area (Å²) in [4.78, 5) is 4.32. The summed E-state index contributed by atoms with van der Waals surface area (Å²) in [7, 11) is 0. The van der Waals surface area contributed by atoms with Crippen LogP contribution in [-0.4, -0.2) is 14.6 Å². The minimum Gasteiger partial charge on any atom is -0.378 e. The van der Waals surface area contributed by atoms with Crippen molar-refractivity contribution in [2.24, 2.45) is 0 Å². The van der Waals surface area contributed by atoms with E-state index in [-0.39, 0.29) is 5.82 Å². The maximum Gasteiger partial charge on any atom is 0.155 e. The number of halogens is 1. The third kappa shape index (κ3) is 2.47. The smallest absolute Gasteiger partial charge is 0.155 e. The maximum atomic E-state index is 13.7. The summed E-state index contributed by atoms with van der Waals surface area (Å²) in [5.41, 5.74) is 4.08. The molecule has 0 bridgehead atoms. The maximum absolute atomic E-state index is 13.7. The lowest BCUT2D eigenvalue weighted by atomic mass is 10.2. The minimum absolute atomic E-state index is 0.242. The fraction of sp³-hybridized carbons (Fsp3) is 0.200. The quantitative estimate of drug-likeness (QED) is 0.795. The minimum atomic E-state index is -0.242. The molecule has 0 saturated heterocycles. The van der Waals surface area contributed by atoms with Crippen molar-refractivity contribution in [3.8, 4) is 0 Å². The summed E-state index contributed by atoms with van der Waals surface area (Å²) in [6.45, 7) is 4.29. The van der Waals surface area contributed by atoms with Crippen LogP contribution in [0.5, 0.6) is 0 Å². The predicted molar refractivity (Wildman–Crippen MR) is 76.2 cm³/mol. The molecule has 3 rings (SSSR count). The zero-order chi connectivity index (χ0) is 14.1. The van der Waals surface area contributed by atoms with Gasteiger partial charge in [0.2, 0.25) is 0 Å². The Hall–Kier alpha value is -2.43. The fourth-order valence-corrected chi connectivity index (χ4v) is 2.09. The van der Waals surface area contributed by atoms with Gasteiger partial charge < -0.3 is 5.32 Å². The van der Waals surface area contributed by atoms with E-state index in [1.165, 1.54) is 6.07 Å². The van der Waals surface area contributed by atoms with Crippen LogP contribution in [0.3, 0.4) is 0 Å². The molecule has 5 heteroatoms. The molecule has 20 heavy (non-hydrogen) atoms. The summed E-state index contributed by atoms with van der Waals surface area (Å²) >= 11 is 0. The zero-order valence-corrected chi connectivity index (χ0v) is 11.4. The SMILES string of the molecule is Cc1ccc(NCc2cnc3cc(C)nn3c2)c(F)c1. The summed E-state index contributed by atoms with van der Waals surface area (Å²) < 4.78 is 15.4. The molecule has 1 aromatic carbocycles. The van der Waals surface area contributed by atoms with Gasteiger partial charge >= 0.3 is 0 Å². The summed E-state index contributed by atoms with van der Waals surface area (Å²) in [6.07, 6.45) is 3.67. The van der Waals surface area contributed by atoms with Crippen molar-refractivity contribution in [2.75, 3.05) is 5.32 Å². The number of hydrogen-bond acceptors (Lipinski definition) is 3. The van der Waals surface area contributed by atoms with Crippen molar-refractivity contribution in [3.05, 3.63) is 59.3 Å². The van der Waals surface area contributed by atoms with E-state index in [1.54, 1.807) is 16.8 Å². The van der Waals surface area contributed by atoms with Gasteiger partial charge in [0.1, 0.15) is 5.82 Å². The molecule has 0 fully saturated rings. The van der Waals surface area contributed by atoms with Gasteiger partial charge in [-0.1, -0.05) is 6.07 Å². The molecule has 3 aromatic rings. The average molecular weight is 270 g/mol. The van der Waals surface area contributed by atoms with Crippen molar-refractivity contribution in [3.63, 3.8) is 0 Å². The lowest BCUT2D eigenvalue weighted by Crippen LogP contribution is -2.04. The monoisotopic (exact) mass is 270 g/mol. The molecule has 102 valence electrons. The lowest BCUT2D eigenvalue weighted by molar-refractivity contribution is 0.629. The number of nitrogens with zero attached hydrogens (tertiary/aromatic N) is 3. The second-order valence-electron chi connectivity index (χ2n) is 4.89. The zero-order valence-electron chi connectivity index (χ0n) is 11.4. The second kappa shape index (κ2) is 4.92. The Balaban J connectivity index is 1.79. The van der Waals surface area contributed by atoms with Gasteiger partial charge in [-0.25, -0.2) is 13.9 Å². The molecule has 2 heterocycles. The molecule has 0 unspecified atom stereocenters. The van der Waals surface area contributed by atoms with Gasteiger partial charge in [0.15, 0.2) is 5.65 Å². The molecule has 1 N–H and O–H groups in total. The molecule has 4 nitrogen and oxygen atoms in total. The number of anilines is 1. The van der Waals surface area contributed by atoms with E-state index in [0.717, 1.165) is 22.5 Å². The lowest BCUT2D eigenvalue weighted by Gasteiger charge is -2.08. The van der Waals surface area contributed by atoms with E-state index < -0.39 is 0 Å². The normalized spacial score (nSPS) is 10.9. The second-order valence-corrected chi connectivity index (χ2v) is 4.89. The molecule has 0 spiro atoms. The van der Waals surface area contributed by atoms with E-state index in [4.69, 9.17) is 0 Å². The Morgan fingerprint density at radius 3 is 2.90 bits per heavy atom. The first-order valence-electron chi connectivity index (χ1n) is 6.43. The van der Waals surface area contributed by atoms with Gasteiger partial charge in [0.25, 0.3) is 0 Å². The molecule has 0 saturated carbocycles. The molecular formula is C15H15FN4. The third-order valence-corrected chi connectivity index (χ3v) is 3.10. The Labute approximate surface area is 116 Å². The summed E-state index contributed by atoms with van der Waals surface area (Å²) in [5.74, 6) is -0.242. The van der Waals surface area contributed by atoms with E-state index in [0.29, 0.717) is 12.2 Å². The molecule has 0 atom stereocenters. The van der Waals surface area contributed by atoms with Crippen molar-refractivity contribution in [1.29, 1.82) is 0 Å². The van der Waals surface area contributed by atoms with Gasteiger partial charge in [-0.2, -0.15) is 5.10 Å². The van der Waals surface area contributed by atoms with E-state index >= 15 is 0 Å². The predicted octanol–water partition coefficient (Wildman–Crippen LogP) is 3.10. The van der Waals surface area contributed by atoms with Crippen LogP contribution < -0.4 is 5.32 Å². The summed E-state index contributed by atoms with van der Waals surface area (Å²) in [5, 5.41) is 7.38. The molecule has 0 aliphatic carbocycles. The number of nitrogens with one attached hydrogen (secondary N) is 1. The van der Waals surface area contributed by atoms with E-state index in [9.17, 15) is 4.39 Å².